The highest BCUT2D eigenvalue weighted by Gasteiger charge is 2.36. The van der Waals surface area contributed by atoms with E-state index in [4.69, 9.17) is 24.4 Å². The van der Waals surface area contributed by atoms with E-state index in [1.54, 1.807) is 25.3 Å². The van der Waals surface area contributed by atoms with E-state index in [0.29, 0.717) is 42.3 Å². The predicted octanol–water partition coefficient (Wildman–Crippen LogP) is 0.614. The Kier molecular flexibility index (Phi) is 8.36. The Bertz CT molecular complexity index is 944. The monoisotopic (exact) mass is 448 g/mol. The molecule has 1 saturated heterocycles. The number of nitrogens with zero attached hydrogens (tertiary/aromatic N) is 2. The second-order valence-corrected chi connectivity index (χ2v) is 6.76. The number of Topliss-reactive ketones (excluding diaryl/α,β-unsaturated/α-hetero) is 1. The maximum Gasteiger partial charge on any atom is 0.358 e. The normalized spacial score (nSPS) is 17.1. The molecule has 0 bridgehead atoms. The third kappa shape index (κ3) is 6.08. The van der Waals surface area contributed by atoms with E-state index < -0.39 is 17.9 Å². The van der Waals surface area contributed by atoms with E-state index in [1.807, 2.05) is 11.9 Å². The Balaban J connectivity index is 0.000000390. The van der Waals surface area contributed by atoms with Crippen molar-refractivity contribution in [1.82, 2.24) is 9.80 Å². The number of likely N-dealkylation sites (N-methyl/N-ethyl adjacent to an activating group) is 1. The number of carbonyl (C=O) groups excluding carboxylic acids is 2. The van der Waals surface area contributed by atoms with Gasteiger partial charge in [-0.25, -0.2) is 14.4 Å². The predicted molar refractivity (Wildman–Crippen MR) is 110 cm³/mol. The number of rotatable bonds is 5. The zero-order chi connectivity index (χ0) is 23.8. The van der Waals surface area contributed by atoms with Crippen molar-refractivity contribution in [2.24, 2.45) is 0 Å². The quantitative estimate of drug-likeness (QED) is 0.483. The summed E-state index contributed by atoms with van der Waals surface area (Å²) in [5.74, 6) is -2.39. The molecule has 11 heteroatoms. The Morgan fingerprint density at radius 2 is 1.62 bits per heavy atom. The summed E-state index contributed by atoms with van der Waals surface area (Å²) in [5.41, 5.74) is 0.604. The molecular weight excluding hydrogens is 424 g/mol. The molecule has 0 amide bonds. The maximum absolute atomic E-state index is 12.7. The molecule has 2 N–H and O–H groups in total. The van der Waals surface area contributed by atoms with Crippen LogP contribution in [0.25, 0.3) is 0 Å². The molecule has 1 aromatic rings. The minimum Gasteiger partial charge on any atom is -0.497 e. The van der Waals surface area contributed by atoms with Crippen LogP contribution in [0.5, 0.6) is 11.5 Å². The van der Waals surface area contributed by atoms with Gasteiger partial charge >= 0.3 is 17.9 Å². The minimum atomic E-state index is -1.26. The van der Waals surface area contributed by atoms with Crippen LogP contribution in [-0.4, -0.2) is 91.2 Å². The third-order valence-electron chi connectivity index (χ3n) is 4.63. The number of methoxy groups -OCH3 is 2. The fourth-order valence-electron chi connectivity index (χ4n) is 2.97. The van der Waals surface area contributed by atoms with Gasteiger partial charge in [0.25, 0.3) is 0 Å². The third-order valence-corrected chi connectivity index (χ3v) is 4.63. The molecule has 3 rings (SSSR count). The number of piperazine rings is 1. The second-order valence-electron chi connectivity index (χ2n) is 6.76. The summed E-state index contributed by atoms with van der Waals surface area (Å²) < 4.78 is 15.8. The van der Waals surface area contributed by atoms with Crippen molar-refractivity contribution < 1.29 is 43.6 Å². The number of carbonyl (C=O) groups is 4. The minimum absolute atomic E-state index is 0.0228. The van der Waals surface area contributed by atoms with Crippen LogP contribution in [0.4, 0.5) is 0 Å². The number of carboxylic acids is 2. The lowest BCUT2D eigenvalue weighted by molar-refractivity contribution is -0.138. The number of hydrogen-bond acceptors (Lipinski definition) is 9. The lowest BCUT2D eigenvalue weighted by Gasteiger charge is -2.34. The second kappa shape index (κ2) is 11.0. The van der Waals surface area contributed by atoms with E-state index in [2.05, 4.69) is 4.90 Å². The van der Waals surface area contributed by atoms with Crippen LogP contribution >= 0.6 is 0 Å². The van der Waals surface area contributed by atoms with Gasteiger partial charge in [0.2, 0.25) is 11.5 Å². The zero-order valence-electron chi connectivity index (χ0n) is 17.9. The number of allylic oxidation sites excluding steroid dienone is 1. The standard InChI is InChI=1S/C17H20N2O5.C4H4O4/c1-18-6-8-19(9-7-18)14(17(21)23-3)16-15(20)12-5-4-11(22-2)10-13(12)24-16;5-3(6)1-2-4(7)8/h4-5,10H,6-9H2,1-3H3;1-2H,(H,5,6)(H,7,8)/b;2-1-. The first-order chi connectivity index (χ1) is 15.2. The highest BCUT2D eigenvalue weighted by atomic mass is 16.5. The number of aliphatic carboxylic acids is 2. The molecule has 0 aromatic heterocycles. The molecule has 172 valence electrons. The molecular formula is C21H24N2O9. The fourth-order valence-corrected chi connectivity index (χ4v) is 2.97. The van der Waals surface area contributed by atoms with Crippen molar-refractivity contribution in [3.63, 3.8) is 0 Å². The summed E-state index contributed by atoms with van der Waals surface area (Å²) in [6.45, 7) is 2.84. The first kappa shape index (κ1) is 24.4. The number of carboxylic acid groups (broad SMARTS) is 2. The van der Waals surface area contributed by atoms with Crippen LogP contribution in [0.1, 0.15) is 10.4 Å². The van der Waals surface area contributed by atoms with Crippen molar-refractivity contribution in [1.29, 1.82) is 0 Å². The van der Waals surface area contributed by atoms with Gasteiger partial charge in [0, 0.05) is 44.4 Å². The summed E-state index contributed by atoms with van der Waals surface area (Å²) in [6.07, 6.45) is 1.12. The van der Waals surface area contributed by atoms with Gasteiger partial charge in [0.1, 0.15) is 11.5 Å². The van der Waals surface area contributed by atoms with Crippen LogP contribution in [0.15, 0.2) is 41.8 Å². The smallest absolute Gasteiger partial charge is 0.358 e. The maximum atomic E-state index is 12.7. The zero-order valence-corrected chi connectivity index (χ0v) is 17.9. The molecule has 0 atom stereocenters. The Morgan fingerprint density at radius 1 is 1.03 bits per heavy atom. The first-order valence-corrected chi connectivity index (χ1v) is 9.48. The van der Waals surface area contributed by atoms with Crippen molar-refractivity contribution in [3.05, 3.63) is 47.4 Å². The molecule has 11 nitrogen and oxygen atoms in total. The number of ether oxygens (including phenoxy) is 3. The van der Waals surface area contributed by atoms with Gasteiger partial charge in [0.15, 0.2) is 5.70 Å². The van der Waals surface area contributed by atoms with Gasteiger partial charge in [0.05, 0.1) is 19.8 Å². The van der Waals surface area contributed by atoms with Gasteiger partial charge in [-0.05, 0) is 19.2 Å². The highest BCUT2D eigenvalue weighted by Crippen LogP contribution is 2.36. The van der Waals surface area contributed by atoms with Crippen molar-refractivity contribution in [2.45, 2.75) is 0 Å². The number of fused-ring (bicyclic) bond motifs is 1. The van der Waals surface area contributed by atoms with Crippen LogP contribution < -0.4 is 9.47 Å². The van der Waals surface area contributed by atoms with Crippen molar-refractivity contribution in [2.75, 3.05) is 47.4 Å². The van der Waals surface area contributed by atoms with E-state index in [9.17, 15) is 19.2 Å². The highest BCUT2D eigenvalue weighted by molar-refractivity contribution is 6.15. The number of hydrogen-bond donors (Lipinski definition) is 2. The lowest BCUT2D eigenvalue weighted by Crippen LogP contribution is -2.46. The summed E-state index contributed by atoms with van der Waals surface area (Å²) in [6, 6.07) is 4.97. The molecule has 2 aliphatic heterocycles. The molecule has 1 aromatic carbocycles. The van der Waals surface area contributed by atoms with Gasteiger partial charge in [-0.3, -0.25) is 4.79 Å². The van der Waals surface area contributed by atoms with Crippen LogP contribution in [0.2, 0.25) is 0 Å². The molecule has 0 saturated carbocycles. The number of esters is 1. The van der Waals surface area contributed by atoms with Crippen molar-refractivity contribution in [3.8, 4) is 11.5 Å². The van der Waals surface area contributed by atoms with Gasteiger partial charge in [-0.15, -0.1) is 0 Å². The van der Waals surface area contributed by atoms with Crippen molar-refractivity contribution >= 4 is 23.7 Å². The van der Waals surface area contributed by atoms with Crippen LogP contribution in [0, 0.1) is 0 Å². The fraction of sp³-hybridized carbons (Fsp3) is 0.333. The van der Waals surface area contributed by atoms with Crippen LogP contribution in [0.3, 0.4) is 0 Å². The van der Waals surface area contributed by atoms with Gasteiger partial charge < -0.3 is 34.2 Å². The van der Waals surface area contributed by atoms with E-state index in [-0.39, 0.29) is 17.2 Å². The number of ketones is 1. The van der Waals surface area contributed by atoms with Crippen LogP contribution in [-0.2, 0) is 19.1 Å². The van der Waals surface area contributed by atoms with E-state index in [0.717, 1.165) is 13.1 Å². The molecule has 0 aliphatic carbocycles. The summed E-state index contributed by atoms with van der Waals surface area (Å²) in [4.78, 5) is 48.1. The molecule has 2 heterocycles. The molecule has 0 radical (unpaired) electrons. The topological polar surface area (TPSA) is 143 Å². The summed E-state index contributed by atoms with van der Waals surface area (Å²) in [7, 11) is 4.86. The van der Waals surface area contributed by atoms with E-state index >= 15 is 0 Å². The Morgan fingerprint density at radius 3 is 2.12 bits per heavy atom. The average molecular weight is 448 g/mol. The van der Waals surface area contributed by atoms with Gasteiger partial charge in [-0.1, -0.05) is 0 Å². The summed E-state index contributed by atoms with van der Waals surface area (Å²) >= 11 is 0. The SMILES string of the molecule is COC(=O)C(=C1Oc2cc(OC)ccc2C1=O)N1CCN(C)CC1.O=C(O)/C=C\C(=O)O. The first-order valence-electron chi connectivity index (χ1n) is 9.48. The molecule has 0 unspecified atom stereocenters. The summed E-state index contributed by atoms with van der Waals surface area (Å²) in [5, 5.41) is 15.6. The molecule has 0 spiro atoms. The number of benzene rings is 1. The molecule has 2 aliphatic rings. The largest absolute Gasteiger partial charge is 0.497 e. The Hall–Kier alpha value is -3.86. The Labute approximate surface area is 184 Å². The van der Waals surface area contributed by atoms with Gasteiger partial charge in [-0.2, -0.15) is 0 Å². The average Bonchev–Trinajstić information content (AvgIpc) is 3.09. The molecule has 32 heavy (non-hydrogen) atoms. The van der Waals surface area contributed by atoms with E-state index in [1.165, 1.54) is 7.11 Å². The lowest BCUT2D eigenvalue weighted by atomic mass is 10.1. The molecule has 1 fully saturated rings.